The molecule has 1 fully saturated rings. The topological polar surface area (TPSA) is 12.5 Å². The molecule has 0 aromatic heterocycles. The van der Waals surface area contributed by atoms with Crippen molar-refractivity contribution in [3.05, 3.63) is 0 Å². The van der Waals surface area contributed by atoms with E-state index < -0.39 is 0 Å². The van der Waals surface area contributed by atoms with Crippen molar-refractivity contribution in [2.75, 3.05) is 19.7 Å². The molecule has 0 aromatic carbocycles. The largest absolute Gasteiger partial charge is 0.297 e. The minimum absolute atomic E-state index is 0. The van der Waals surface area contributed by atoms with Crippen molar-refractivity contribution in [1.82, 2.24) is 5.06 Å². The van der Waals surface area contributed by atoms with Gasteiger partial charge >= 0.3 is 0 Å². The van der Waals surface area contributed by atoms with Gasteiger partial charge in [-0.3, -0.25) is 4.84 Å². The Hall–Kier alpha value is 0.137. The van der Waals surface area contributed by atoms with Crippen LogP contribution in [0.3, 0.4) is 0 Å². The molecule has 0 spiro atoms. The quantitative estimate of drug-likeness (QED) is 0.503. The van der Waals surface area contributed by atoms with Gasteiger partial charge in [0.2, 0.25) is 0 Å². The average Bonchev–Trinajstić information content (AvgIpc) is 1.63. The summed E-state index contributed by atoms with van der Waals surface area (Å²) in [6.45, 7) is 5.39. The molecular formula is C6H17NOSi. The summed E-state index contributed by atoms with van der Waals surface area (Å²) in [6.07, 6.45) is 2.53. The van der Waals surface area contributed by atoms with Gasteiger partial charge in [-0.15, -0.1) is 0 Å². The lowest BCUT2D eigenvalue weighted by atomic mass is 10.3. The third-order valence-corrected chi connectivity index (χ3v) is 1.38. The maximum absolute atomic E-state index is 5.07. The van der Waals surface area contributed by atoms with E-state index in [0.29, 0.717) is 0 Å². The van der Waals surface area contributed by atoms with E-state index in [4.69, 9.17) is 4.84 Å². The summed E-state index contributed by atoms with van der Waals surface area (Å²) in [4.78, 5) is 5.07. The van der Waals surface area contributed by atoms with Gasteiger partial charge in [0, 0.05) is 13.1 Å². The zero-order valence-electron chi connectivity index (χ0n) is 5.39. The monoisotopic (exact) mass is 147 g/mol. The molecular weight excluding hydrogens is 130 g/mol. The lowest BCUT2D eigenvalue weighted by Gasteiger charge is -2.29. The Balaban J connectivity index is 0.000000640. The van der Waals surface area contributed by atoms with E-state index >= 15 is 0 Å². The Bertz CT molecular complexity index is 66.1. The Morgan fingerprint density at radius 3 is 2.56 bits per heavy atom. The second-order valence-corrected chi connectivity index (χ2v) is 2.12. The Morgan fingerprint density at radius 1 is 1.56 bits per heavy atom. The fourth-order valence-electron chi connectivity index (χ4n) is 0.731. The molecule has 1 aliphatic rings. The molecule has 1 heterocycles. The number of rotatable bonds is 3. The van der Waals surface area contributed by atoms with Crippen molar-refractivity contribution >= 4 is 11.0 Å². The van der Waals surface area contributed by atoms with Gasteiger partial charge < -0.3 is 0 Å². The Morgan fingerprint density at radius 2 is 2.22 bits per heavy atom. The minimum Gasteiger partial charge on any atom is -0.297 e. The molecule has 0 atom stereocenters. The van der Waals surface area contributed by atoms with Crippen LogP contribution >= 0.6 is 0 Å². The molecule has 2 nitrogen and oxygen atoms in total. The summed E-state index contributed by atoms with van der Waals surface area (Å²) < 4.78 is 0. The first-order valence-electron chi connectivity index (χ1n) is 3.31. The molecule has 0 bridgehead atoms. The van der Waals surface area contributed by atoms with Crippen LogP contribution in [0.15, 0.2) is 0 Å². The number of hydrogen-bond donors (Lipinski definition) is 0. The van der Waals surface area contributed by atoms with Gasteiger partial charge in [0.25, 0.3) is 0 Å². The number of unbranched alkanes of at least 4 members (excludes halogenated alkanes) is 1. The van der Waals surface area contributed by atoms with Gasteiger partial charge in [-0.05, 0) is 17.4 Å². The van der Waals surface area contributed by atoms with Crippen molar-refractivity contribution in [2.24, 2.45) is 0 Å². The molecule has 0 aromatic rings. The normalized spacial score (nSPS) is 18.3. The van der Waals surface area contributed by atoms with E-state index in [1.165, 1.54) is 12.8 Å². The second kappa shape index (κ2) is 4.96. The van der Waals surface area contributed by atoms with Crippen molar-refractivity contribution in [1.29, 1.82) is 0 Å². The SMILES string of the molecule is CCCCN1CCO1.[SiH4]. The lowest BCUT2D eigenvalue weighted by molar-refractivity contribution is -0.246. The summed E-state index contributed by atoms with van der Waals surface area (Å²) in [6, 6.07) is 0. The third kappa shape index (κ3) is 2.98. The highest BCUT2D eigenvalue weighted by molar-refractivity contribution is 5.75. The molecule has 0 amide bonds. The summed E-state index contributed by atoms with van der Waals surface area (Å²) in [5.41, 5.74) is 0. The highest BCUT2D eigenvalue weighted by atomic mass is 28.1. The van der Waals surface area contributed by atoms with E-state index in [9.17, 15) is 0 Å². The highest BCUT2D eigenvalue weighted by Crippen LogP contribution is 2.02. The van der Waals surface area contributed by atoms with Crippen molar-refractivity contribution in [3.8, 4) is 0 Å². The maximum atomic E-state index is 5.07. The summed E-state index contributed by atoms with van der Waals surface area (Å²) in [5.74, 6) is 0. The van der Waals surface area contributed by atoms with Crippen LogP contribution in [-0.2, 0) is 4.84 Å². The fourth-order valence-corrected chi connectivity index (χ4v) is 0.731. The van der Waals surface area contributed by atoms with Gasteiger partial charge in [-0.1, -0.05) is 13.3 Å². The molecule has 1 saturated heterocycles. The fraction of sp³-hybridized carbons (Fsp3) is 1.00. The second-order valence-electron chi connectivity index (χ2n) is 2.12. The van der Waals surface area contributed by atoms with E-state index in [1.54, 1.807) is 0 Å². The maximum Gasteiger partial charge on any atom is 0.0835 e. The zero-order valence-corrected chi connectivity index (χ0v) is 5.39. The van der Waals surface area contributed by atoms with Crippen LogP contribution in [0, 0.1) is 0 Å². The van der Waals surface area contributed by atoms with Crippen LogP contribution in [0.25, 0.3) is 0 Å². The first kappa shape index (κ1) is 9.14. The highest BCUT2D eigenvalue weighted by Gasteiger charge is 2.12. The van der Waals surface area contributed by atoms with Gasteiger partial charge in [0.05, 0.1) is 6.61 Å². The lowest BCUT2D eigenvalue weighted by Crippen LogP contribution is -2.39. The number of hydroxylamine groups is 2. The van der Waals surface area contributed by atoms with Crippen LogP contribution in [0.4, 0.5) is 0 Å². The standard InChI is InChI=1S/C6H13NO.H4Si/c1-2-3-4-7-5-6-8-7;/h2-6H2,1H3;1H4. The van der Waals surface area contributed by atoms with Crippen molar-refractivity contribution in [3.63, 3.8) is 0 Å². The first-order chi connectivity index (χ1) is 3.93. The molecule has 56 valence electrons. The predicted molar refractivity (Wildman–Crippen MR) is 43.8 cm³/mol. The smallest absolute Gasteiger partial charge is 0.0835 e. The molecule has 0 saturated carbocycles. The van der Waals surface area contributed by atoms with Gasteiger partial charge in [0.15, 0.2) is 0 Å². The van der Waals surface area contributed by atoms with Gasteiger partial charge in [-0.25, -0.2) is 0 Å². The first-order valence-corrected chi connectivity index (χ1v) is 3.31. The van der Waals surface area contributed by atoms with Crippen molar-refractivity contribution < 1.29 is 4.84 Å². The molecule has 1 rings (SSSR count). The average molecular weight is 147 g/mol. The molecule has 9 heavy (non-hydrogen) atoms. The molecule has 1 aliphatic heterocycles. The third-order valence-electron chi connectivity index (χ3n) is 1.38. The summed E-state index contributed by atoms with van der Waals surface area (Å²) >= 11 is 0. The van der Waals surface area contributed by atoms with E-state index in [0.717, 1.165) is 19.7 Å². The van der Waals surface area contributed by atoms with Crippen LogP contribution < -0.4 is 0 Å². The van der Waals surface area contributed by atoms with E-state index in [2.05, 4.69) is 6.92 Å². The van der Waals surface area contributed by atoms with Crippen LogP contribution in [0.5, 0.6) is 0 Å². The van der Waals surface area contributed by atoms with E-state index in [1.807, 2.05) is 5.06 Å². The predicted octanol–water partition coefficient (Wildman–Crippen LogP) is -0.418. The molecule has 0 unspecified atom stereocenters. The Labute approximate surface area is 61.2 Å². The van der Waals surface area contributed by atoms with Crippen LogP contribution in [0.1, 0.15) is 19.8 Å². The summed E-state index contributed by atoms with van der Waals surface area (Å²) in [5, 5.41) is 2.02. The minimum atomic E-state index is 0. The number of nitrogens with zero attached hydrogens (tertiary/aromatic N) is 1. The summed E-state index contributed by atoms with van der Waals surface area (Å²) in [7, 11) is 0. The van der Waals surface area contributed by atoms with Gasteiger partial charge in [-0.2, -0.15) is 5.06 Å². The molecule has 3 heteroatoms. The molecule has 0 radical (unpaired) electrons. The van der Waals surface area contributed by atoms with Gasteiger partial charge in [0.1, 0.15) is 0 Å². The van der Waals surface area contributed by atoms with Crippen LogP contribution in [0.2, 0.25) is 0 Å². The Kier molecular flexibility index (Phi) is 5.04. The molecule has 0 aliphatic carbocycles. The van der Waals surface area contributed by atoms with E-state index in [-0.39, 0.29) is 11.0 Å². The van der Waals surface area contributed by atoms with Crippen molar-refractivity contribution in [2.45, 2.75) is 19.8 Å². The van der Waals surface area contributed by atoms with Crippen LogP contribution in [-0.4, -0.2) is 35.7 Å². The molecule has 0 N–H and O–H groups in total. The zero-order chi connectivity index (χ0) is 5.82. The number of hydrogen-bond acceptors (Lipinski definition) is 2.